The Kier molecular flexibility index (Phi) is 4.98. The van der Waals surface area contributed by atoms with Crippen molar-refractivity contribution in [1.29, 1.82) is 0 Å². The van der Waals surface area contributed by atoms with Gasteiger partial charge in [-0.15, -0.1) is 0 Å². The summed E-state index contributed by atoms with van der Waals surface area (Å²) >= 11 is 0. The maximum absolute atomic E-state index is 10.8. The first-order chi connectivity index (χ1) is 14.4. The van der Waals surface area contributed by atoms with E-state index < -0.39 is 0 Å². The molecular formula is C30H50O. The van der Waals surface area contributed by atoms with Crippen molar-refractivity contribution in [2.24, 2.45) is 50.7 Å². The van der Waals surface area contributed by atoms with E-state index in [1.807, 2.05) is 0 Å². The number of fused-ring (bicyclic) bond motifs is 2. The lowest BCUT2D eigenvalue weighted by atomic mass is 9.41. The summed E-state index contributed by atoms with van der Waals surface area (Å²) in [5, 5.41) is 10.8. The van der Waals surface area contributed by atoms with Gasteiger partial charge in [0, 0.05) is 0 Å². The first-order valence-corrected chi connectivity index (χ1v) is 13.8. The molecule has 0 aliphatic heterocycles. The molecule has 5 fully saturated rings. The van der Waals surface area contributed by atoms with Crippen LogP contribution in [0.15, 0.2) is 11.6 Å². The molecule has 1 N–H and O–H groups in total. The largest absolute Gasteiger partial charge is 0.393 e. The van der Waals surface area contributed by atoms with E-state index in [2.05, 4.69) is 54.5 Å². The molecule has 0 aromatic heterocycles. The van der Waals surface area contributed by atoms with Crippen molar-refractivity contribution in [3.05, 3.63) is 11.6 Å². The highest BCUT2D eigenvalue weighted by Crippen LogP contribution is 2.89. The number of aliphatic hydroxyl groups excluding tert-OH is 1. The number of hydrogen-bond donors (Lipinski definition) is 1. The van der Waals surface area contributed by atoms with Crippen LogP contribution in [-0.4, -0.2) is 11.2 Å². The van der Waals surface area contributed by atoms with Gasteiger partial charge in [0.2, 0.25) is 0 Å². The Hall–Kier alpha value is -0.300. The van der Waals surface area contributed by atoms with Gasteiger partial charge in [-0.1, -0.05) is 46.3 Å². The van der Waals surface area contributed by atoms with E-state index >= 15 is 0 Å². The minimum absolute atomic E-state index is 0.0840. The van der Waals surface area contributed by atoms with Crippen LogP contribution in [0.5, 0.6) is 0 Å². The summed E-state index contributed by atoms with van der Waals surface area (Å²) in [7, 11) is 0. The lowest BCUT2D eigenvalue weighted by molar-refractivity contribution is -0.161. The van der Waals surface area contributed by atoms with E-state index in [9.17, 15) is 5.11 Å². The molecule has 31 heavy (non-hydrogen) atoms. The van der Waals surface area contributed by atoms with Gasteiger partial charge in [-0.25, -0.2) is 0 Å². The Morgan fingerprint density at radius 2 is 1.55 bits per heavy atom. The quantitative estimate of drug-likeness (QED) is 0.449. The molecule has 176 valence electrons. The lowest BCUT2D eigenvalue weighted by Gasteiger charge is -2.63. The second-order valence-corrected chi connectivity index (χ2v) is 14.4. The van der Waals surface area contributed by atoms with Gasteiger partial charge in [-0.2, -0.15) is 0 Å². The van der Waals surface area contributed by atoms with E-state index in [1.165, 1.54) is 69.8 Å². The van der Waals surface area contributed by atoms with Crippen LogP contribution in [0.2, 0.25) is 0 Å². The van der Waals surface area contributed by atoms with Gasteiger partial charge >= 0.3 is 0 Å². The van der Waals surface area contributed by atoms with Crippen LogP contribution < -0.4 is 0 Å². The summed E-state index contributed by atoms with van der Waals surface area (Å²) in [5.74, 6) is 3.46. The maximum Gasteiger partial charge on any atom is 0.0594 e. The van der Waals surface area contributed by atoms with Gasteiger partial charge in [-0.3, -0.25) is 0 Å². The normalized spacial score (nSPS) is 52.9. The predicted molar refractivity (Wildman–Crippen MR) is 131 cm³/mol. The number of aliphatic hydroxyl groups is 1. The summed E-state index contributed by atoms with van der Waals surface area (Å²) in [6.45, 7) is 17.3. The Balaban J connectivity index is 1.41. The molecule has 0 aromatic rings. The van der Waals surface area contributed by atoms with Gasteiger partial charge in [0.1, 0.15) is 0 Å². The molecule has 0 radical (unpaired) electrons. The molecule has 0 saturated heterocycles. The van der Waals surface area contributed by atoms with E-state index in [0.717, 1.165) is 30.1 Å². The van der Waals surface area contributed by atoms with Crippen molar-refractivity contribution >= 4 is 0 Å². The van der Waals surface area contributed by atoms with Gasteiger partial charge < -0.3 is 5.11 Å². The average molecular weight is 427 g/mol. The Labute approximate surface area is 192 Å². The third-order valence-corrected chi connectivity index (χ3v) is 13.0. The standard InChI is InChI=1S/C30H50O/c1-20(2)9-8-10-21(3)22-13-15-28(7)24-12-11-23-26(4,5)25(31)14-16-29(23)19-30(24,29)18-17-27(22,28)6/h9,21-25,31H,8,10-19H2,1-7H3/t21?,22-,23+,24?,25+,27-,28+,29?,30+/m1/s1. The van der Waals surface area contributed by atoms with Crippen LogP contribution in [0.4, 0.5) is 0 Å². The fraction of sp³-hybridized carbons (Fsp3) is 0.933. The molecule has 5 aliphatic rings. The molecule has 0 heterocycles. The Morgan fingerprint density at radius 3 is 2.26 bits per heavy atom. The average Bonchev–Trinajstić information content (AvgIpc) is 3.27. The van der Waals surface area contributed by atoms with Gasteiger partial charge in [0.15, 0.2) is 0 Å². The summed E-state index contributed by atoms with van der Waals surface area (Å²) in [4.78, 5) is 0. The maximum atomic E-state index is 10.8. The van der Waals surface area contributed by atoms with E-state index in [-0.39, 0.29) is 11.5 Å². The summed E-state index contributed by atoms with van der Waals surface area (Å²) < 4.78 is 0. The van der Waals surface area contributed by atoms with Crippen LogP contribution in [0.3, 0.4) is 0 Å². The van der Waals surface area contributed by atoms with Gasteiger partial charge in [-0.05, 0) is 135 Å². The molecule has 3 unspecified atom stereocenters. The van der Waals surface area contributed by atoms with E-state index in [4.69, 9.17) is 0 Å². The predicted octanol–water partition coefficient (Wildman–Crippen LogP) is 8.17. The number of allylic oxidation sites excluding steroid dienone is 2. The first kappa shape index (κ1) is 22.5. The fourth-order valence-electron chi connectivity index (χ4n) is 11.1. The van der Waals surface area contributed by atoms with Crippen molar-refractivity contribution in [3.63, 3.8) is 0 Å². The third-order valence-electron chi connectivity index (χ3n) is 13.0. The summed E-state index contributed by atoms with van der Waals surface area (Å²) in [6, 6.07) is 0. The van der Waals surface area contributed by atoms with Crippen LogP contribution in [0.25, 0.3) is 0 Å². The molecule has 2 spiro atoms. The number of hydrogen-bond acceptors (Lipinski definition) is 1. The second-order valence-electron chi connectivity index (χ2n) is 14.4. The molecule has 5 aliphatic carbocycles. The molecule has 1 nitrogen and oxygen atoms in total. The minimum Gasteiger partial charge on any atom is -0.393 e. The van der Waals surface area contributed by atoms with Crippen LogP contribution in [-0.2, 0) is 0 Å². The Bertz CT molecular complexity index is 760. The highest BCUT2D eigenvalue weighted by molar-refractivity contribution is 5.30. The molecule has 5 saturated carbocycles. The van der Waals surface area contributed by atoms with Crippen molar-refractivity contribution in [2.75, 3.05) is 0 Å². The summed E-state index contributed by atoms with van der Waals surface area (Å²) in [5.41, 5.74) is 3.87. The van der Waals surface area contributed by atoms with Gasteiger partial charge in [0.25, 0.3) is 0 Å². The first-order valence-electron chi connectivity index (χ1n) is 13.8. The van der Waals surface area contributed by atoms with Crippen molar-refractivity contribution in [3.8, 4) is 0 Å². The van der Waals surface area contributed by atoms with Crippen LogP contribution >= 0.6 is 0 Å². The zero-order valence-corrected chi connectivity index (χ0v) is 21.7. The topological polar surface area (TPSA) is 20.2 Å². The molecule has 9 atom stereocenters. The van der Waals surface area contributed by atoms with E-state index in [1.54, 1.807) is 0 Å². The Morgan fingerprint density at radius 1 is 0.871 bits per heavy atom. The second kappa shape index (κ2) is 6.86. The SMILES string of the molecule is CC(C)=CCCC(C)[C@H]1CC[C@@]2(C)C3CC[C@H]4C(C)(C)[C@@H](O)CCC45C[C@@]35CC[C@]12C. The van der Waals surface area contributed by atoms with Crippen LogP contribution in [0.1, 0.15) is 119 Å². The smallest absolute Gasteiger partial charge is 0.0594 e. The zero-order valence-electron chi connectivity index (χ0n) is 21.7. The molecular weight excluding hydrogens is 376 g/mol. The van der Waals surface area contributed by atoms with Crippen molar-refractivity contribution < 1.29 is 5.11 Å². The highest BCUT2D eigenvalue weighted by Gasteiger charge is 2.82. The molecule has 5 rings (SSSR count). The molecule has 1 heteroatoms. The number of rotatable bonds is 4. The van der Waals surface area contributed by atoms with E-state index in [0.29, 0.717) is 21.7 Å². The fourth-order valence-corrected chi connectivity index (χ4v) is 11.1. The monoisotopic (exact) mass is 426 g/mol. The van der Waals surface area contributed by atoms with Crippen molar-refractivity contribution in [1.82, 2.24) is 0 Å². The zero-order chi connectivity index (χ0) is 22.4. The minimum atomic E-state index is -0.0840. The lowest BCUT2D eigenvalue weighted by Crippen LogP contribution is -2.57. The molecule has 0 amide bonds. The molecule has 0 bridgehead atoms. The molecule has 0 aromatic carbocycles. The van der Waals surface area contributed by atoms with Crippen LogP contribution in [0, 0.1) is 50.7 Å². The summed E-state index contributed by atoms with van der Waals surface area (Å²) in [6.07, 6.45) is 17.6. The third kappa shape index (κ3) is 2.71. The van der Waals surface area contributed by atoms with Crippen molar-refractivity contribution in [2.45, 2.75) is 125 Å². The highest BCUT2D eigenvalue weighted by atomic mass is 16.3. The van der Waals surface area contributed by atoms with Gasteiger partial charge in [0.05, 0.1) is 6.10 Å².